The summed E-state index contributed by atoms with van der Waals surface area (Å²) in [5, 5.41) is 1.65. The normalized spacial score (nSPS) is 19.1. The van der Waals surface area contributed by atoms with Gasteiger partial charge in [-0.05, 0) is 48.1 Å². The van der Waals surface area contributed by atoms with Crippen molar-refractivity contribution in [3.05, 3.63) is 65.4 Å². The maximum absolute atomic E-state index is 10.7. The Morgan fingerprint density at radius 2 is 1.11 bits per heavy atom. The average Bonchev–Trinajstić information content (AvgIpc) is 2.98. The van der Waals surface area contributed by atoms with Gasteiger partial charge >= 0.3 is 33.0 Å². The molecule has 10 heteroatoms. The van der Waals surface area contributed by atoms with Crippen molar-refractivity contribution in [1.29, 1.82) is 0 Å². The Morgan fingerprint density at radius 3 is 1.46 bits per heavy atom. The van der Waals surface area contributed by atoms with Gasteiger partial charge in [0.2, 0.25) is 0 Å². The molecule has 0 saturated carbocycles. The zero-order chi connectivity index (χ0) is 26.2. The molecule has 0 fully saturated rings. The number of benzene rings is 1. The number of allylic oxidation sites excluding steroid dienone is 5. The van der Waals surface area contributed by atoms with E-state index >= 15 is 0 Å². The molecular formula is C25H38F6NP2Rh-. The van der Waals surface area contributed by atoms with Gasteiger partial charge in [-0.2, -0.15) is 0 Å². The molecule has 0 aliphatic heterocycles. The van der Waals surface area contributed by atoms with Crippen LogP contribution in [0.25, 0.3) is 5.31 Å². The minimum Gasteiger partial charge on any atom is 0 e. The summed E-state index contributed by atoms with van der Waals surface area (Å²) < 4.78 is 59.2. The van der Waals surface area contributed by atoms with Gasteiger partial charge in [-0.3, -0.25) is 0 Å². The second kappa shape index (κ2) is 13.2. The fourth-order valence-corrected chi connectivity index (χ4v) is 7.25. The molecule has 205 valence electrons. The molecule has 1 radical (unpaired) electrons. The summed E-state index contributed by atoms with van der Waals surface area (Å²) in [4.78, 5) is 2.33. The standard InChI is InChI=1S/C17H26NP.C8H12.F6P.Rh/c1-12(2)19(13(3)4)17-15-10-8-7-9-14(15)11-16(17)18(5)6;1-2-4-6-8-7-5-3-1;1-7(2,3,4,5)6;/h7-10,12-13H,11H2,1-6H3;1-2,7-8H,3-6H2;;/q;;-1;/b;2-1-,8-7-;;. The predicted molar refractivity (Wildman–Crippen MR) is 138 cm³/mol. The van der Waals surface area contributed by atoms with Gasteiger partial charge in [0.1, 0.15) is 0 Å². The van der Waals surface area contributed by atoms with E-state index < -0.39 is 7.81 Å². The summed E-state index contributed by atoms with van der Waals surface area (Å²) in [6.45, 7) is 9.53. The molecular weight excluding hydrogens is 593 g/mol. The van der Waals surface area contributed by atoms with Crippen molar-refractivity contribution in [2.75, 3.05) is 14.1 Å². The molecule has 0 heterocycles. The van der Waals surface area contributed by atoms with E-state index in [-0.39, 0.29) is 27.4 Å². The Bertz CT molecular complexity index is 846. The Kier molecular flexibility index (Phi) is 12.9. The second-order valence-corrected chi connectivity index (χ2v) is 14.4. The second-order valence-electron chi connectivity index (χ2n) is 9.17. The zero-order valence-electron chi connectivity index (χ0n) is 21.3. The van der Waals surface area contributed by atoms with Crippen molar-refractivity contribution in [3.8, 4) is 0 Å². The summed E-state index contributed by atoms with van der Waals surface area (Å²) in [6.07, 6.45) is 15.1. The van der Waals surface area contributed by atoms with E-state index in [1.54, 1.807) is 5.31 Å². The van der Waals surface area contributed by atoms with Crippen molar-refractivity contribution in [2.45, 2.75) is 71.1 Å². The maximum Gasteiger partial charge on any atom is 0 e. The molecule has 0 aromatic heterocycles. The molecule has 1 aromatic rings. The Balaban J connectivity index is 0.000000599. The number of nitrogens with zero attached hydrogens (tertiary/aromatic N) is 1. The van der Waals surface area contributed by atoms with Crippen molar-refractivity contribution in [2.24, 2.45) is 0 Å². The van der Waals surface area contributed by atoms with Gasteiger partial charge in [0.25, 0.3) is 0 Å². The Labute approximate surface area is 220 Å². The third-order valence-electron chi connectivity index (χ3n) is 5.15. The molecule has 0 atom stereocenters. The van der Waals surface area contributed by atoms with Gasteiger partial charge in [0.05, 0.1) is 0 Å². The number of likely N-dealkylation sites (N-methyl/N-ethyl adjacent to an activating group) is 1. The molecule has 0 N–H and O–H groups in total. The smallest absolute Gasteiger partial charge is 0 e. The van der Waals surface area contributed by atoms with Crippen LogP contribution in [0.3, 0.4) is 0 Å². The van der Waals surface area contributed by atoms with Crippen LogP contribution in [0.5, 0.6) is 0 Å². The minimum absolute atomic E-state index is 0. The Hall–Kier alpha value is -0.697. The van der Waals surface area contributed by atoms with Crippen LogP contribution in [-0.2, 0) is 25.9 Å². The quantitative estimate of drug-likeness (QED) is 0.138. The fourth-order valence-electron chi connectivity index (χ4n) is 3.95. The topological polar surface area (TPSA) is 3.24 Å². The van der Waals surface area contributed by atoms with Crippen LogP contribution in [0.1, 0.15) is 64.5 Å². The molecule has 2 aliphatic rings. The van der Waals surface area contributed by atoms with E-state index in [2.05, 4.69) is 95.3 Å². The van der Waals surface area contributed by atoms with E-state index in [0.717, 1.165) is 17.7 Å². The number of halogens is 6. The Morgan fingerprint density at radius 1 is 0.743 bits per heavy atom. The van der Waals surface area contributed by atoms with E-state index in [4.69, 9.17) is 0 Å². The maximum atomic E-state index is 9.87. The first kappa shape index (κ1) is 34.3. The minimum atomic E-state index is -10.7. The van der Waals surface area contributed by atoms with Crippen LogP contribution in [0.15, 0.2) is 54.3 Å². The van der Waals surface area contributed by atoms with Crippen molar-refractivity contribution in [3.63, 3.8) is 0 Å². The average molecular weight is 631 g/mol. The number of hydrogen-bond acceptors (Lipinski definition) is 1. The first-order valence-corrected chi connectivity index (χ1v) is 15.0. The third kappa shape index (κ3) is 15.2. The fraction of sp³-hybridized carbons (Fsp3) is 0.520. The summed E-state index contributed by atoms with van der Waals surface area (Å²) in [5.41, 5.74) is 6.04. The third-order valence-corrected chi connectivity index (χ3v) is 8.39. The van der Waals surface area contributed by atoms with Gasteiger partial charge in [0.15, 0.2) is 0 Å². The van der Waals surface area contributed by atoms with E-state index in [1.165, 1.54) is 42.5 Å². The molecule has 0 saturated heterocycles. The van der Waals surface area contributed by atoms with Crippen LogP contribution >= 0.6 is 15.7 Å². The SMILES string of the molecule is C1=C\CC/C=C\CC/1.CC(C)P(C1=C(N(C)C)Cc2ccccc21)C(C)C.F[P-](F)(F)(F)(F)F.[Rh]. The van der Waals surface area contributed by atoms with Gasteiger partial charge < -0.3 is 4.90 Å². The van der Waals surface area contributed by atoms with Crippen LogP contribution in [0.2, 0.25) is 0 Å². The number of hydrogen-bond donors (Lipinski definition) is 0. The molecule has 3 rings (SSSR count). The summed E-state index contributed by atoms with van der Waals surface area (Å²) in [5.74, 6) is 0. The summed E-state index contributed by atoms with van der Waals surface area (Å²) >= 11 is 0. The zero-order valence-corrected chi connectivity index (χ0v) is 24.7. The molecule has 0 amide bonds. The predicted octanol–water partition coefficient (Wildman–Crippen LogP) is 10.8. The van der Waals surface area contributed by atoms with Crippen LogP contribution in [0, 0.1) is 0 Å². The van der Waals surface area contributed by atoms with Gasteiger partial charge in [-0.25, -0.2) is 0 Å². The van der Waals surface area contributed by atoms with Crippen molar-refractivity contribution >= 4 is 21.0 Å². The van der Waals surface area contributed by atoms with Crippen LogP contribution in [0.4, 0.5) is 25.2 Å². The van der Waals surface area contributed by atoms with Crippen LogP contribution in [-0.4, -0.2) is 30.3 Å². The number of fused-ring (bicyclic) bond motifs is 1. The van der Waals surface area contributed by atoms with Crippen molar-refractivity contribution < 1.29 is 44.7 Å². The molecule has 1 nitrogen and oxygen atoms in total. The molecule has 1 aromatic carbocycles. The molecule has 0 unspecified atom stereocenters. The first-order valence-electron chi connectivity index (χ1n) is 11.5. The van der Waals surface area contributed by atoms with Crippen molar-refractivity contribution in [1.82, 2.24) is 4.90 Å². The van der Waals surface area contributed by atoms with E-state index in [0.29, 0.717) is 0 Å². The molecule has 2 aliphatic carbocycles. The molecule has 0 spiro atoms. The number of rotatable bonds is 4. The molecule has 35 heavy (non-hydrogen) atoms. The van der Waals surface area contributed by atoms with Gasteiger partial charge in [-0.15, -0.1) is 0 Å². The van der Waals surface area contributed by atoms with E-state index in [9.17, 15) is 25.2 Å². The first-order chi connectivity index (χ1) is 15.4. The van der Waals surface area contributed by atoms with Gasteiger partial charge in [0, 0.05) is 51.0 Å². The van der Waals surface area contributed by atoms with Gasteiger partial charge in [-0.1, -0.05) is 84.2 Å². The monoisotopic (exact) mass is 631 g/mol. The molecule has 0 bridgehead atoms. The van der Waals surface area contributed by atoms with Crippen LogP contribution < -0.4 is 0 Å². The largest absolute Gasteiger partial charge is 0 e. The van der Waals surface area contributed by atoms with E-state index in [1.807, 2.05) is 0 Å². The summed E-state index contributed by atoms with van der Waals surface area (Å²) in [7, 11) is -6.38. The summed E-state index contributed by atoms with van der Waals surface area (Å²) in [6, 6.07) is 8.97.